The van der Waals surface area contributed by atoms with Gasteiger partial charge in [-0.1, -0.05) is 257 Å². The largest absolute Gasteiger partial charge is 0.411 e. The molecule has 8 heterocycles. The Balaban J connectivity index is 0.000000173. The maximum atomic E-state index is 12.0. The van der Waals surface area contributed by atoms with Crippen molar-refractivity contribution in [3.63, 3.8) is 0 Å². The van der Waals surface area contributed by atoms with E-state index in [2.05, 4.69) is 168 Å². The van der Waals surface area contributed by atoms with E-state index in [0.29, 0.717) is 53.0 Å². The van der Waals surface area contributed by atoms with Crippen LogP contribution in [-0.2, 0) is 42.5 Å². The average Bonchev–Trinajstić information content (AvgIpc) is 1.64. The highest BCUT2D eigenvalue weighted by atomic mass is 16.7. The zero-order valence-electron chi connectivity index (χ0n) is 80.0. The van der Waals surface area contributed by atoms with Gasteiger partial charge in [0, 0.05) is 107 Å². The number of hydrogen-bond donors (Lipinski definition) is 1. The number of nitrogens with zero attached hydrogens (tertiary/aromatic N) is 10. The van der Waals surface area contributed by atoms with E-state index in [4.69, 9.17) is 50.4 Å². The number of aryl methyl sites for hydroxylation is 2. The van der Waals surface area contributed by atoms with Crippen LogP contribution in [0.15, 0.2) is 317 Å². The van der Waals surface area contributed by atoms with Crippen LogP contribution < -0.4 is 57.2 Å². The van der Waals surface area contributed by atoms with Gasteiger partial charge in [-0.15, -0.1) is 0 Å². The third kappa shape index (κ3) is 35.2. The molecule has 134 heavy (non-hydrogen) atoms. The fourth-order valence-corrected chi connectivity index (χ4v) is 14.9. The lowest BCUT2D eigenvalue weighted by Gasteiger charge is -2.20. The van der Waals surface area contributed by atoms with E-state index in [1.54, 1.807) is 129 Å². The van der Waals surface area contributed by atoms with Crippen LogP contribution in [0.3, 0.4) is 0 Å². The van der Waals surface area contributed by atoms with E-state index in [1.165, 1.54) is 137 Å². The normalized spacial score (nSPS) is 12.3. The number of carbonyl (C=O) groups excluding carboxylic acids is 3. The van der Waals surface area contributed by atoms with Gasteiger partial charge in [0.25, 0.3) is 11.5 Å². The Morgan fingerprint density at radius 2 is 1.05 bits per heavy atom. The first-order valence-corrected chi connectivity index (χ1v) is 47.3. The number of imidazole rings is 1. The lowest BCUT2D eigenvalue weighted by atomic mass is 9.87. The minimum Gasteiger partial charge on any atom is -0.388 e. The number of aliphatic hydroxyl groups excluding tert-OH is 1. The van der Waals surface area contributed by atoms with Gasteiger partial charge in [0.2, 0.25) is 86.5 Å². The molecule has 700 valence electrons. The molecule has 0 spiro atoms. The summed E-state index contributed by atoms with van der Waals surface area (Å²) in [5, 5.41) is 8.83. The predicted molar refractivity (Wildman–Crippen MR) is 522 cm³/mol. The van der Waals surface area contributed by atoms with Gasteiger partial charge in [-0.3, -0.25) is 38.6 Å². The Labute approximate surface area is 792 Å². The molecule has 1 aliphatic carbocycles. The molecule has 6 aromatic heterocycles. The summed E-state index contributed by atoms with van der Waals surface area (Å²) in [4.78, 5) is 82.7. The van der Waals surface area contributed by atoms with Crippen LogP contribution in [0.5, 0.6) is 0 Å². The third-order valence-corrected chi connectivity index (χ3v) is 23.0. The van der Waals surface area contributed by atoms with E-state index >= 15 is 0 Å². The number of rotatable bonds is 35. The number of hydroxylamine groups is 1. The van der Waals surface area contributed by atoms with E-state index in [9.17, 15) is 14.4 Å². The molecule has 7 aromatic carbocycles. The molecule has 0 saturated heterocycles. The number of aromatic nitrogens is 7. The zero-order valence-corrected chi connectivity index (χ0v) is 80.0. The van der Waals surface area contributed by atoms with Gasteiger partial charge < -0.3 is 9.94 Å². The SMILES string of the molecule is C1=[N+](OCCC2CCCCC2)Cc2ccccc21.C1=[N+](OCCc2ccccc2)c2ccccc2C1.CCCCC(CC)CO[n+]1ccc(CC)cc1.CCCCC(CC)CO[n+]1cccc(C(=O)CO)c1.CCCOn1c(C)[n+](C)c2ccccc21.CO[n+]1cccc(C(=O)c2ccccc2)c1.O=C(O[n+]1cccc(-c2ccccc2)c1)c1ccccc1.[C-]#[N+]c1cc[n+](OC)cc1. The molecule has 2 aliphatic heterocycles. The molecule has 2 atom stereocenters. The monoisotopic (exact) mass is 1820 g/mol. The smallest absolute Gasteiger partial charge is 0.388 e. The Morgan fingerprint density at radius 1 is 0.500 bits per heavy atom. The summed E-state index contributed by atoms with van der Waals surface area (Å²) in [6.45, 7) is 26.1. The zero-order chi connectivity index (χ0) is 95.1. The minimum absolute atomic E-state index is 0.00741. The summed E-state index contributed by atoms with van der Waals surface area (Å²) < 4.78 is 15.8. The lowest BCUT2D eigenvalue weighted by Crippen LogP contribution is -2.45. The second-order valence-corrected chi connectivity index (χ2v) is 32.6. The Bertz CT molecular complexity index is 5710. The molecular formula is C112H138N10O12+8. The van der Waals surface area contributed by atoms with Gasteiger partial charge in [-0.25, -0.2) is 14.2 Å². The van der Waals surface area contributed by atoms with Gasteiger partial charge >= 0.3 is 5.97 Å². The van der Waals surface area contributed by atoms with E-state index in [1.807, 2.05) is 134 Å². The summed E-state index contributed by atoms with van der Waals surface area (Å²) >= 11 is 0. The van der Waals surface area contributed by atoms with Gasteiger partial charge in [-0.2, -0.15) is 4.84 Å². The second kappa shape index (κ2) is 59.4. The highest BCUT2D eigenvalue weighted by Gasteiger charge is 2.26. The average molecular weight is 1820 g/mol. The van der Waals surface area contributed by atoms with Crippen LogP contribution in [-0.4, -0.2) is 103 Å². The summed E-state index contributed by atoms with van der Waals surface area (Å²) in [6, 6.07) is 82.0. The molecule has 1 fully saturated rings. The molecular weight excluding hydrogens is 1680 g/mol. The fraction of sp³-hybridized carbons (Fsp3) is 0.339. The molecule has 22 nitrogen and oxygen atoms in total. The first-order chi connectivity index (χ1) is 65.6. The second-order valence-electron chi connectivity index (χ2n) is 32.6. The molecule has 0 radical (unpaired) electrons. The van der Waals surface area contributed by atoms with Crippen molar-refractivity contribution in [2.24, 2.45) is 24.8 Å². The summed E-state index contributed by atoms with van der Waals surface area (Å²) in [5.74, 6) is 2.57. The summed E-state index contributed by atoms with van der Waals surface area (Å²) in [7, 11) is 5.18. The van der Waals surface area contributed by atoms with Crippen molar-refractivity contribution in [3.8, 4) is 11.1 Å². The topological polar surface area (TPSA) is 184 Å². The molecule has 1 saturated carbocycles. The van der Waals surface area contributed by atoms with Crippen molar-refractivity contribution < 1.29 is 95.9 Å². The van der Waals surface area contributed by atoms with E-state index < -0.39 is 6.61 Å². The molecule has 2 unspecified atom stereocenters. The number of unbranched alkanes of at least 4 members (excludes halogenated alkanes) is 2. The van der Waals surface area contributed by atoms with E-state index in [-0.39, 0.29) is 17.5 Å². The maximum absolute atomic E-state index is 12.0. The number of Topliss-reactive ketones (excluding diaryl/α,β-unsaturated/α-hetero) is 1. The first kappa shape index (κ1) is 104. The van der Waals surface area contributed by atoms with Crippen LogP contribution in [0.1, 0.15) is 208 Å². The van der Waals surface area contributed by atoms with Crippen molar-refractivity contribution in [1.82, 2.24) is 4.73 Å². The predicted octanol–water partition coefficient (Wildman–Crippen LogP) is 18.0. The van der Waals surface area contributed by atoms with Crippen molar-refractivity contribution in [2.45, 2.75) is 171 Å². The number of para-hydroxylation sites is 3. The molecule has 0 bridgehead atoms. The number of benzene rings is 7. The number of carbonyl (C=O) groups is 3. The number of hydrogen-bond acceptors (Lipinski definition) is 12. The van der Waals surface area contributed by atoms with Gasteiger partial charge in [0.15, 0.2) is 49.2 Å². The number of fused-ring (bicyclic) bond motifs is 3. The third-order valence-electron chi connectivity index (χ3n) is 23.0. The summed E-state index contributed by atoms with van der Waals surface area (Å²) in [6.07, 6.45) is 43.9. The number of aliphatic hydroxyl groups is 1. The van der Waals surface area contributed by atoms with Gasteiger partial charge in [-0.05, 0) is 137 Å². The van der Waals surface area contributed by atoms with Crippen LogP contribution in [0.25, 0.3) is 27.0 Å². The molecule has 1 N–H and O–H groups in total. The molecule has 0 amide bonds. The molecule has 22 heteroatoms. The van der Waals surface area contributed by atoms with Gasteiger partial charge in [0.05, 0.1) is 47.9 Å². The van der Waals surface area contributed by atoms with Crippen molar-refractivity contribution in [3.05, 3.63) is 384 Å². The Kier molecular flexibility index (Phi) is 45.9. The van der Waals surface area contributed by atoms with Gasteiger partial charge in [0.1, 0.15) is 27.4 Å². The fourth-order valence-electron chi connectivity index (χ4n) is 14.9. The molecule has 13 aromatic rings. The van der Waals surface area contributed by atoms with Crippen LogP contribution in [0.2, 0.25) is 0 Å². The minimum atomic E-state index is -0.474. The molecule has 16 rings (SSSR count). The highest BCUT2D eigenvalue weighted by molar-refractivity contribution is 6.08. The Morgan fingerprint density at radius 3 is 1.68 bits per heavy atom. The number of pyridine rings is 5. The lowest BCUT2D eigenvalue weighted by molar-refractivity contribution is -0.892. The Hall–Kier alpha value is -14.0. The first-order valence-electron chi connectivity index (χ1n) is 47.3. The van der Waals surface area contributed by atoms with Crippen molar-refractivity contribution in [1.29, 1.82) is 0 Å². The molecule has 3 aliphatic rings. The summed E-state index contributed by atoms with van der Waals surface area (Å²) in [5.41, 5.74) is 15.1. The van der Waals surface area contributed by atoms with E-state index in [0.717, 1.165) is 86.9 Å². The van der Waals surface area contributed by atoms with Crippen LogP contribution in [0, 0.1) is 31.2 Å². The van der Waals surface area contributed by atoms with Crippen molar-refractivity contribution >= 4 is 52.4 Å². The highest BCUT2D eigenvalue weighted by Crippen LogP contribution is 2.28. The number of ketones is 2. The van der Waals surface area contributed by atoms with Crippen molar-refractivity contribution in [2.75, 3.05) is 53.9 Å². The van der Waals surface area contributed by atoms with Crippen LogP contribution in [0.4, 0.5) is 11.4 Å². The quantitative estimate of drug-likeness (QED) is 0.0226. The van der Waals surface area contributed by atoms with Crippen LogP contribution >= 0.6 is 0 Å². The maximum Gasteiger partial charge on any atom is 0.411 e. The standard InChI is InChI=1S/C18H14NO2.C16H16NO.C16H22NO.C15H24NO3.C15H26NO.C13H12NO2.C12H17N2O.C7H7N2O/c20-18(16-10-5-2-6-11-16)21-19-13-7-12-17(14-19)15-8-3-1-4-9-15;1-2-6-14(7-3-1)11-13-18-17-12-10-15-8-4-5-9-16(15)17;1-2-6-14(7-3-1)10-11-18-17-12-15-8-4-5-9-16(15)13-17;1-3-5-7-13(4-2)12-19-16-9-6-8-14(10-16)15(18)11-17;1-4-7-8-15(6-3)13-17-16-11-9-14(5-2)10-12-16;1-16-14-9-5-8-12(10-14)13(15)11-6-3-2-4-7-11;1-4-9-15-14-10(2)13(3)11-7-5-6-8-12(11)14;1-8-7-3-5-9(10-2)6-4-7/h1-14H;1-9,12H,10-11,13H2;4-5,8-9,12,14H,1-3,6-7,10-11,13H2;6,8-10,13,17H,3-5,7,11-12H2,1-2H3;9-12,15H,4-8,13H2,1-3H3;2-10H,1H3;5-8H,4,9H2,1-3H3;3-6H,2H3/q8*+1.